The van der Waals surface area contributed by atoms with Crippen molar-refractivity contribution in [3.05, 3.63) is 34.1 Å². The number of halogens is 2. The first-order valence-corrected chi connectivity index (χ1v) is 6.38. The molecule has 3 heteroatoms. The maximum absolute atomic E-state index is 13.0. The third-order valence-electron chi connectivity index (χ3n) is 3.95. The third kappa shape index (κ3) is 1.80. The summed E-state index contributed by atoms with van der Waals surface area (Å²) in [5.41, 5.74) is 1.45. The average molecular weight is 286 g/mol. The fourth-order valence-electron chi connectivity index (χ4n) is 2.73. The van der Waals surface area contributed by atoms with Crippen LogP contribution in [0, 0.1) is 11.2 Å². The Morgan fingerprint density at radius 2 is 2.12 bits per heavy atom. The van der Waals surface area contributed by atoms with E-state index in [1.165, 1.54) is 5.56 Å². The predicted octanol–water partition coefficient (Wildman–Crippen LogP) is 3.69. The lowest BCUT2D eigenvalue weighted by Crippen LogP contribution is -2.54. The summed E-state index contributed by atoms with van der Waals surface area (Å²) < 4.78 is 13.9. The highest BCUT2D eigenvalue weighted by Crippen LogP contribution is 2.53. The molecule has 1 N–H and O–H groups in total. The Bertz CT molecular complexity index is 403. The van der Waals surface area contributed by atoms with Crippen LogP contribution in [0.15, 0.2) is 22.7 Å². The van der Waals surface area contributed by atoms with Crippen molar-refractivity contribution in [3.8, 4) is 0 Å². The molecular formula is C13H17BrFN. The van der Waals surface area contributed by atoms with Gasteiger partial charge in [0.25, 0.3) is 0 Å². The topological polar surface area (TPSA) is 12.0 Å². The molecule has 16 heavy (non-hydrogen) atoms. The van der Waals surface area contributed by atoms with Gasteiger partial charge in [-0.05, 0) is 42.5 Å². The molecule has 1 fully saturated rings. The largest absolute Gasteiger partial charge is 0.316 e. The van der Waals surface area contributed by atoms with E-state index in [1.807, 2.05) is 13.1 Å². The maximum atomic E-state index is 13.0. The van der Waals surface area contributed by atoms with Crippen molar-refractivity contribution in [1.82, 2.24) is 5.32 Å². The summed E-state index contributed by atoms with van der Waals surface area (Å²) in [5, 5.41) is 3.33. The normalized spacial score (nSPS) is 27.6. The zero-order valence-electron chi connectivity index (χ0n) is 9.85. The van der Waals surface area contributed by atoms with E-state index in [2.05, 4.69) is 35.1 Å². The van der Waals surface area contributed by atoms with E-state index in [4.69, 9.17) is 0 Å². The second-order valence-electron chi connectivity index (χ2n) is 5.12. The van der Waals surface area contributed by atoms with Gasteiger partial charge in [0.05, 0.1) is 0 Å². The first-order chi connectivity index (χ1) is 7.46. The van der Waals surface area contributed by atoms with Gasteiger partial charge in [-0.3, -0.25) is 0 Å². The number of hydrogen-bond acceptors (Lipinski definition) is 1. The molecule has 2 unspecified atom stereocenters. The molecule has 0 spiro atoms. The summed E-state index contributed by atoms with van der Waals surface area (Å²) >= 11 is 3.46. The molecule has 88 valence electrons. The number of benzene rings is 1. The minimum atomic E-state index is -0.182. The Labute approximate surface area is 105 Å². The van der Waals surface area contributed by atoms with Gasteiger partial charge in [0.1, 0.15) is 5.82 Å². The van der Waals surface area contributed by atoms with Crippen LogP contribution >= 0.6 is 15.9 Å². The smallest absolute Gasteiger partial charge is 0.124 e. The maximum Gasteiger partial charge on any atom is 0.124 e. The Morgan fingerprint density at radius 3 is 2.62 bits per heavy atom. The van der Waals surface area contributed by atoms with Crippen LogP contribution in [-0.2, 0) is 0 Å². The molecule has 1 aromatic rings. The quantitative estimate of drug-likeness (QED) is 0.874. The predicted molar refractivity (Wildman–Crippen MR) is 68.1 cm³/mol. The highest BCUT2D eigenvalue weighted by Gasteiger charge is 2.48. The number of hydrogen-bond donors (Lipinski definition) is 1. The van der Waals surface area contributed by atoms with Gasteiger partial charge in [0, 0.05) is 10.5 Å². The summed E-state index contributed by atoms with van der Waals surface area (Å²) in [5.74, 6) is 0.317. The highest BCUT2D eigenvalue weighted by molar-refractivity contribution is 9.10. The van der Waals surface area contributed by atoms with Crippen molar-refractivity contribution in [3.63, 3.8) is 0 Å². The molecule has 2 atom stereocenters. The van der Waals surface area contributed by atoms with Gasteiger partial charge < -0.3 is 5.32 Å². The van der Waals surface area contributed by atoms with Gasteiger partial charge in [-0.1, -0.05) is 35.8 Å². The molecule has 0 bridgehead atoms. The first kappa shape index (κ1) is 12.1. The van der Waals surface area contributed by atoms with Crippen molar-refractivity contribution < 1.29 is 4.39 Å². The van der Waals surface area contributed by atoms with E-state index in [-0.39, 0.29) is 11.2 Å². The van der Waals surface area contributed by atoms with E-state index < -0.39 is 0 Å². The molecule has 1 aliphatic carbocycles. The monoisotopic (exact) mass is 285 g/mol. The van der Waals surface area contributed by atoms with Crippen LogP contribution in [0.2, 0.25) is 0 Å². The minimum absolute atomic E-state index is 0.182. The fourth-order valence-corrected chi connectivity index (χ4v) is 3.35. The summed E-state index contributed by atoms with van der Waals surface area (Å²) in [6.45, 7) is 4.52. The Morgan fingerprint density at radius 1 is 1.44 bits per heavy atom. The highest BCUT2D eigenvalue weighted by atomic mass is 79.9. The Balaban J connectivity index is 2.27. The van der Waals surface area contributed by atoms with Gasteiger partial charge in [-0.25, -0.2) is 4.39 Å². The van der Waals surface area contributed by atoms with Crippen LogP contribution in [0.5, 0.6) is 0 Å². The van der Waals surface area contributed by atoms with Gasteiger partial charge in [-0.15, -0.1) is 0 Å². The lowest BCUT2D eigenvalue weighted by atomic mass is 9.56. The summed E-state index contributed by atoms with van der Waals surface area (Å²) in [6.07, 6.45) is 1.12. The second kappa shape index (κ2) is 4.11. The van der Waals surface area contributed by atoms with Crippen LogP contribution in [0.25, 0.3) is 0 Å². The van der Waals surface area contributed by atoms with E-state index in [9.17, 15) is 4.39 Å². The first-order valence-electron chi connectivity index (χ1n) is 5.59. The molecule has 0 amide bonds. The summed E-state index contributed by atoms with van der Waals surface area (Å²) in [6, 6.07) is 5.55. The van der Waals surface area contributed by atoms with Crippen molar-refractivity contribution >= 4 is 15.9 Å². The van der Waals surface area contributed by atoms with E-state index in [0.717, 1.165) is 10.9 Å². The molecule has 2 rings (SSSR count). The number of nitrogens with one attached hydrogen (secondary N) is 1. The van der Waals surface area contributed by atoms with Gasteiger partial charge in [0.2, 0.25) is 0 Å². The van der Waals surface area contributed by atoms with E-state index in [1.54, 1.807) is 12.1 Å². The second-order valence-corrected chi connectivity index (χ2v) is 5.97. The minimum Gasteiger partial charge on any atom is -0.316 e. The molecule has 1 aromatic carbocycles. The lowest BCUT2D eigenvalue weighted by Gasteiger charge is -2.52. The SMILES string of the molecule is CNC1CC(c2ccc(F)cc2Br)C1(C)C. The number of rotatable bonds is 2. The van der Waals surface area contributed by atoms with Gasteiger partial charge in [-0.2, -0.15) is 0 Å². The molecule has 0 heterocycles. The molecule has 1 saturated carbocycles. The third-order valence-corrected chi connectivity index (χ3v) is 4.64. The molecule has 0 radical (unpaired) electrons. The zero-order chi connectivity index (χ0) is 11.9. The van der Waals surface area contributed by atoms with E-state index >= 15 is 0 Å². The Hall–Kier alpha value is -0.410. The van der Waals surface area contributed by atoms with Crippen molar-refractivity contribution in [2.75, 3.05) is 7.05 Å². The van der Waals surface area contributed by atoms with Gasteiger partial charge in [0.15, 0.2) is 0 Å². The lowest BCUT2D eigenvalue weighted by molar-refractivity contribution is 0.0747. The van der Waals surface area contributed by atoms with Crippen molar-refractivity contribution in [1.29, 1.82) is 0 Å². The molecule has 0 saturated heterocycles. The van der Waals surface area contributed by atoms with Crippen LogP contribution in [-0.4, -0.2) is 13.1 Å². The van der Waals surface area contributed by atoms with Crippen LogP contribution in [0.4, 0.5) is 4.39 Å². The zero-order valence-corrected chi connectivity index (χ0v) is 11.4. The molecule has 1 nitrogen and oxygen atoms in total. The molecular weight excluding hydrogens is 269 g/mol. The molecule has 0 aliphatic heterocycles. The van der Waals surface area contributed by atoms with Crippen molar-refractivity contribution in [2.45, 2.75) is 32.2 Å². The standard InChI is InChI=1S/C13H17BrFN/c1-13(2)10(7-12(13)16-3)9-5-4-8(15)6-11(9)14/h4-6,10,12,16H,7H2,1-3H3. The van der Waals surface area contributed by atoms with Crippen LogP contribution < -0.4 is 5.32 Å². The van der Waals surface area contributed by atoms with Crippen molar-refractivity contribution in [2.24, 2.45) is 5.41 Å². The fraction of sp³-hybridized carbons (Fsp3) is 0.538. The average Bonchev–Trinajstić information content (AvgIpc) is 2.20. The summed E-state index contributed by atoms with van der Waals surface area (Å²) in [4.78, 5) is 0. The van der Waals surface area contributed by atoms with E-state index in [0.29, 0.717) is 12.0 Å². The Kier molecular flexibility index (Phi) is 3.10. The van der Waals surface area contributed by atoms with Crippen LogP contribution in [0.1, 0.15) is 31.7 Å². The van der Waals surface area contributed by atoms with Gasteiger partial charge >= 0.3 is 0 Å². The van der Waals surface area contributed by atoms with Crippen LogP contribution in [0.3, 0.4) is 0 Å². The molecule has 1 aliphatic rings. The molecule has 0 aromatic heterocycles. The summed E-state index contributed by atoms with van der Waals surface area (Å²) in [7, 11) is 2.00.